The number of aliphatic imine (C=N–C) groups is 1. The molecule has 7 nitrogen and oxygen atoms in total. The number of piperidine rings is 1. The molecule has 1 aliphatic heterocycles. The molecule has 1 amide bonds. The number of halogens is 1. The summed E-state index contributed by atoms with van der Waals surface area (Å²) in [5.74, 6) is 1.51. The van der Waals surface area contributed by atoms with Crippen molar-refractivity contribution in [2.45, 2.75) is 32.7 Å². The third-order valence-electron chi connectivity index (χ3n) is 4.77. The van der Waals surface area contributed by atoms with Gasteiger partial charge in [-0.15, -0.1) is 24.0 Å². The number of methoxy groups -OCH3 is 1. The highest BCUT2D eigenvalue weighted by atomic mass is 127. The fourth-order valence-electron chi connectivity index (χ4n) is 3.24. The molecule has 1 unspecified atom stereocenters. The molecule has 0 saturated carbocycles. The maximum Gasteiger partial charge on any atom is 0.221 e. The fraction of sp³-hybridized carbons (Fsp3) is 0.600. The number of hydrogen-bond donors (Lipinski definition) is 3. The number of guanidine groups is 1. The lowest BCUT2D eigenvalue weighted by Gasteiger charge is -2.31. The predicted molar refractivity (Wildman–Crippen MR) is 124 cm³/mol. The molecular formula is C20H34IN5O2. The van der Waals surface area contributed by atoms with E-state index in [2.05, 4.69) is 27.4 Å². The molecule has 1 saturated heterocycles. The van der Waals surface area contributed by atoms with Crippen LogP contribution >= 0.6 is 24.0 Å². The quantitative estimate of drug-likeness (QED) is 0.208. The molecule has 1 aromatic rings. The number of nitrogens with two attached hydrogens (primary N) is 1. The molecule has 28 heavy (non-hydrogen) atoms. The molecule has 4 N–H and O–H groups in total. The molecular weight excluding hydrogens is 469 g/mol. The van der Waals surface area contributed by atoms with Crippen molar-refractivity contribution in [1.82, 2.24) is 15.5 Å². The molecule has 1 atom stereocenters. The van der Waals surface area contributed by atoms with Crippen molar-refractivity contribution in [2.24, 2.45) is 16.6 Å². The molecule has 8 heteroatoms. The first-order valence-corrected chi connectivity index (χ1v) is 9.79. The van der Waals surface area contributed by atoms with Gasteiger partial charge in [-0.2, -0.15) is 0 Å². The van der Waals surface area contributed by atoms with Gasteiger partial charge in [-0.3, -0.25) is 4.79 Å². The van der Waals surface area contributed by atoms with Crippen LogP contribution in [-0.4, -0.2) is 56.6 Å². The minimum Gasteiger partial charge on any atom is -0.497 e. The summed E-state index contributed by atoms with van der Waals surface area (Å²) in [4.78, 5) is 18.3. The number of rotatable bonds is 9. The Morgan fingerprint density at radius 3 is 2.71 bits per heavy atom. The summed E-state index contributed by atoms with van der Waals surface area (Å²) in [7, 11) is 1.66. The second-order valence-electron chi connectivity index (χ2n) is 6.87. The average Bonchev–Trinajstić information content (AvgIpc) is 2.69. The summed E-state index contributed by atoms with van der Waals surface area (Å²) in [5.41, 5.74) is 6.58. The Balaban J connectivity index is 0.00000392. The highest BCUT2D eigenvalue weighted by molar-refractivity contribution is 14.0. The van der Waals surface area contributed by atoms with Gasteiger partial charge in [0.1, 0.15) is 5.75 Å². The van der Waals surface area contributed by atoms with Gasteiger partial charge in [0.05, 0.1) is 19.6 Å². The van der Waals surface area contributed by atoms with E-state index in [4.69, 9.17) is 10.5 Å². The maximum absolute atomic E-state index is 11.4. The van der Waals surface area contributed by atoms with E-state index >= 15 is 0 Å². The number of amides is 1. The van der Waals surface area contributed by atoms with Crippen molar-refractivity contribution in [1.29, 1.82) is 0 Å². The normalized spacial score (nSPS) is 17.5. The van der Waals surface area contributed by atoms with Crippen molar-refractivity contribution < 1.29 is 9.53 Å². The van der Waals surface area contributed by atoms with Crippen LogP contribution in [0.2, 0.25) is 0 Å². The van der Waals surface area contributed by atoms with Crippen LogP contribution in [0.15, 0.2) is 29.3 Å². The number of likely N-dealkylation sites (tertiary alicyclic amines) is 1. The zero-order valence-corrected chi connectivity index (χ0v) is 19.3. The van der Waals surface area contributed by atoms with Crippen molar-refractivity contribution in [3.8, 4) is 5.75 Å². The van der Waals surface area contributed by atoms with E-state index in [1.54, 1.807) is 7.11 Å². The lowest BCUT2D eigenvalue weighted by Crippen LogP contribution is -2.43. The second-order valence-corrected chi connectivity index (χ2v) is 6.87. The lowest BCUT2D eigenvalue weighted by atomic mass is 9.97. The Bertz CT molecular complexity index is 609. The fourth-order valence-corrected chi connectivity index (χ4v) is 3.24. The molecule has 1 aromatic carbocycles. The van der Waals surface area contributed by atoms with Gasteiger partial charge in [-0.25, -0.2) is 4.99 Å². The molecule has 1 fully saturated rings. The first-order chi connectivity index (χ1) is 13.1. The van der Waals surface area contributed by atoms with Crippen molar-refractivity contribution in [3.05, 3.63) is 29.8 Å². The molecule has 0 spiro atoms. The number of ether oxygens (including phenoxy) is 1. The van der Waals surface area contributed by atoms with E-state index in [9.17, 15) is 4.79 Å². The van der Waals surface area contributed by atoms with Crippen molar-refractivity contribution in [3.63, 3.8) is 0 Å². The number of hydrogen-bond acceptors (Lipinski definition) is 4. The van der Waals surface area contributed by atoms with Gasteiger partial charge in [0.15, 0.2) is 5.96 Å². The number of nitrogens with one attached hydrogen (secondary N) is 2. The zero-order chi connectivity index (χ0) is 19.5. The molecule has 1 aliphatic rings. The van der Waals surface area contributed by atoms with Crippen LogP contribution in [0.3, 0.4) is 0 Å². The molecule has 0 aliphatic carbocycles. The molecule has 0 aromatic heterocycles. The Kier molecular flexibility index (Phi) is 11.9. The smallest absolute Gasteiger partial charge is 0.221 e. The zero-order valence-electron chi connectivity index (χ0n) is 16.9. The van der Waals surface area contributed by atoms with Crippen LogP contribution in [-0.2, 0) is 11.3 Å². The summed E-state index contributed by atoms with van der Waals surface area (Å²) in [5, 5.41) is 6.66. The number of benzene rings is 1. The van der Waals surface area contributed by atoms with Crippen LogP contribution in [0.25, 0.3) is 0 Å². The highest BCUT2D eigenvalue weighted by Crippen LogP contribution is 2.16. The predicted octanol–water partition coefficient (Wildman–Crippen LogP) is 1.96. The standard InChI is InChI=1S/C20H33N5O2.HI/c1-3-22-20(24-14-16-7-9-18(27-2)10-8-16)23-11-5-13-25-12-4-6-17(15-25)19(21)26;/h7-10,17H,3-6,11-15H2,1-2H3,(H2,21,26)(H2,22,23,24);1H. The Morgan fingerprint density at radius 2 is 2.07 bits per heavy atom. The number of primary amides is 1. The van der Waals surface area contributed by atoms with Gasteiger partial charge in [-0.05, 0) is 57.0 Å². The van der Waals surface area contributed by atoms with Crippen molar-refractivity contribution in [2.75, 3.05) is 39.8 Å². The van der Waals surface area contributed by atoms with Gasteiger partial charge >= 0.3 is 0 Å². The van der Waals surface area contributed by atoms with Crippen LogP contribution < -0.4 is 21.1 Å². The Hall–Kier alpha value is -1.55. The Morgan fingerprint density at radius 1 is 1.32 bits per heavy atom. The Labute approximate surface area is 185 Å². The first kappa shape index (κ1) is 24.5. The first-order valence-electron chi connectivity index (χ1n) is 9.79. The molecule has 158 valence electrons. The van der Waals surface area contributed by atoms with E-state index in [1.165, 1.54) is 0 Å². The minimum absolute atomic E-state index is 0. The van der Waals surface area contributed by atoms with Crippen LogP contribution in [0, 0.1) is 5.92 Å². The molecule has 0 bridgehead atoms. The topological polar surface area (TPSA) is 92.0 Å². The number of nitrogens with zero attached hydrogens (tertiary/aromatic N) is 2. The summed E-state index contributed by atoms with van der Waals surface area (Å²) in [6.07, 6.45) is 2.97. The largest absolute Gasteiger partial charge is 0.497 e. The SMILES string of the molecule is CCNC(=NCc1ccc(OC)cc1)NCCCN1CCCC(C(N)=O)C1.I. The van der Waals surface area contributed by atoms with E-state index in [0.29, 0.717) is 6.54 Å². The summed E-state index contributed by atoms with van der Waals surface area (Å²) in [6.45, 7) is 7.14. The third-order valence-corrected chi connectivity index (χ3v) is 4.77. The molecule has 2 rings (SSSR count). The van der Waals surface area contributed by atoms with Crippen LogP contribution in [0.4, 0.5) is 0 Å². The van der Waals surface area contributed by atoms with Crippen molar-refractivity contribution >= 4 is 35.8 Å². The summed E-state index contributed by atoms with van der Waals surface area (Å²) < 4.78 is 5.18. The molecule has 0 radical (unpaired) electrons. The van der Waals surface area contributed by atoms with Crippen LogP contribution in [0.5, 0.6) is 5.75 Å². The number of carbonyl (C=O) groups is 1. The average molecular weight is 503 g/mol. The van der Waals surface area contributed by atoms with E-state index in [1.807, 2.05) is 24.3 Å². The summed E-state index contributed by atoms with van der Waals surface area (Å²) in [6, 6.07) is 7.95. The summed E-state index contributed by atoms with van der Waals surface area (Å²) >= 11 is 0. The maximum atomic E-state index is 11.4. The highest BCUT2D eigenvalue weighted by Gasteiger charge is 2.23. The van der Waals surface area contributed by atoms with E-state index in [-0.39, 0.29) is 35.8 Å². The monoisotopic (exact) mass is 503 g/mol. The second kappa shape index (κ2) is 13.6. The van der Waals surface area contributed by atoms with Gasteiger partial charge < -0.3 is 26.0 Å². The van der Waals surface area contributed by atoms with Gasteiger partial charge in [0, 0.05) is 19.6 Å². The third kappa shape index (κ3) is 8.64. The van der Waals surface area contributed by atoms with Gasteiger partial charge in [-0.1, -0.05) is 12.1 Å². The van der Waals surface area contributed by atoms with Crippen LogP contribution in [0.1, 0.15) is 31.7 Å². The lowest BCUT2D eigenvalue weighted by molar-refractivity contribution is -0.123. The molecule has 1 heterocycles. The van der Waals surface area contributed by atoms with Gasteiger partial charge in [0.25, 0.3) is 0 Å². The van der Waals surface area contributed by atoms with E-state index < -0.39 is 0 Å². The van der Waals surface area contributed by atoms with Gasteiger partial charge in [0.2, 0.25) is 5.91 Å². The minimum atomic E-state index is -0.169. The number of carbonyl (C=O) groups excluding carboxylic acids is 1. The van der Waals surface area contributed by atoms with E-state index in [0.717, 1.165) is 69.3 Å².